The van der Waals surface area contributed by atoms with Crippen molar-refractivity contribution in [2.45, 2.75) is 52.2 Å². The highest BCUT2D eigenvalue weighted by atomic mass is 16.6. The normalized spacial score (nSPS) is 12.3. The summed E-state index contributed by atoms with van der Waals surface area (Å²) in [5.41, 5.74) is 1.05. The van der Waals surface area contributed by atoms with Gasteiger partial charge in [0, 0.05) is 25.2 Å². The molecule has 1 aromatic carbocycles. The molecule has 9 nitrogen and oxygen atoms in total. The molecule has 174 valence electrons. The molecular formula is C23H31N3O6. The predicted molar refractivity (Wildman–Crippen MR) is 120 cm³/mol. The molecule has 2 N–H and O–H groups in total. The number of hydrogen-bond acceptors (Lipinski definition) is 7. The van der Waals surface area contributed by atoms with E-state index in [1.54, 1.807) is 18.2 Å². The van der Waals surface area contributed by atoms with Gasteiger partial charge < -0.3 is 19.9 Å². The third-order valence-electron chi connectivity index (χ3n) is 4.77. The third-order valence-corrected chi connectivity index (χ3v) is 4.77. The van der Waals surface area contributed by atoms with E-state index < -0.39 is 17.8 Å². The van der Waals surface area contributed by atoms with E-state index in [4.69, 9.17) is 9.47 Å². The first-order chi connectivity index (χ1) is 15.1. The van der Waals surface area contributed by atoms with Gasteiger partial charge in [0.15, 0.2) is 0 Å². The van der Waals surface area contributed by atoms with E-state index in [1.165, 1.54) is 17.7 Å². The van der Waals surface area contributed by atoms with Crippen LogP contribution >= 0.6 is 0 Å². The van der Waals surface area contributed by atoms with Crippen LogP contribution in [0, 0.1) is 0 Å². The Kier molecular flexibility index (Phi) is 9.10. The lowest BCUT2D eigenvalue weighted by Crippen LogP contribution is -2.28. The van der Waals surface area contributed by atoms with Gasteiger partial charge in [-0.3, -0.25) is 14.2 Å². The number of ether oxygens (including phenoxy) is 2. The number of nitrogens with one attached hydrogen (secondary N) is 1. The number of aliphatic hydroxyl groups is 1. The lowest BCUT2D eigenvalue weighted by molar-refractivity contribution is -0.143. The summed E-state index contributed by atoms with van der Waals surface area (Å²) in [6.07, 6.45) is 1.39. The molecular weight excluding hydrogens is 414 g/mol. The van der Waals surface area contributed by atoms with Crippen LogP contribution in [0.1, 0.15) is 50.0 Å². The first-order valence-electron chi connectivity index (χ1n) is 10.5. The lowest BCUT2D eigenvalue weighted by atomic mass is 9.87. The highest BCUT2D eigenvalue weighted by molar-refractivity contribution is 6.03. The average Bonchev–Trinajstić information content (AvgIpc) is 2.73. The van der Waals surface area contributed by atoms with E-state index >= 15 is 0 Å². The summed E-state index contributed by atoms with van der Waals surface area (Å²) in [5.74, 6) is -0.593. The molecule has 2 rings (SSSR count). The molecule has 0 radical (unpaired) electrons. The fourth-order valence-corrected chi connectivity index (χ4v) is 2.89. The summed E-state index contributed by atoms with van der Waals surface area (Å²) >= 11 is 0. The van der Waals surface area contributed by atoms with Gasteiger partial charge in [0.2, 0.25) is 0 Å². The van der Waals surface area contributed by atoms with E-state index in [1.807, 2.05) is 12.1 Å². The number of carbonyl (C=O) groups is 2. The van der Waals surface area contributed by atoms with Crippen molar-refractivity contribution >= 4 is 17.7 Å². The summed E-state index contributed by atoms with van der Waals surface area (Å²) in [6.45, 7) is 7.88. The maximum Gasteiger partial charge on any atom is 0.349 e. The molecule has 0 bridgehead atoms. The van der Waals surface area contributed by atoms with Crippen molar-refractivity contribution in [3.8, 4) is 0 Å². The number of aryl methyl sites for hydroxylation is 1. The zero-order valence-corrected chi connectivity index (χ0v) is 19.0. The number of aromatic nitrogens is 2. The molecule has 0 aliphatic heterocycles. The van der Waals surface area contributed by atoms with Crippen molar-refractivity contribution in [2.75, 3.05) is 25.1 Å². The highest BCUT2D eigenvalue weighted by Gasteiger charge is 2.15. The van der Waals surface area contributed by atoms with Crippen LogP contribution in [0.15, 0.2) is 41.3 Å². The Labute approximate surface area is 187 Å². The van der Waals surface area contributed by atoms with E-state index in [-0.39, 0.29) is 43.5 Å². The lowest BCUT2D eigenvalue weighted by Gasteiger charge is -2.19. The standard InChI is InChI=1S/C23H31N3O6/c1-16(28)31-13-14-32-19(15-27)9-11-26-12-10-20(25-22(26)30)24-21(29)17-5-7-18(8-6-17)23(2,3)4/h5-8,10,12,19,27H,9,11,13-15H2,1-4H3,(H,24,25,29,30)/t19-/m0/s1. The topological polar surface area (TPSA) is 120 Å². The number of hydrogen-bond donors (Lipinski definition) is 2. The molecule has 0 saturated heterocycles. The van der Waals surface area contributed by atoms with Crippen molar-refractivity contribution in [2.24, 2.45) is 0 Å². The fourth-order valence-electron chi connectivity index (χ4n) is 2.89. The van der Waals surface area contributed by atoms with Crippen LogP contribution in [0.25, 0.3) is 0 Å². The molecule has 1 aromatic heterocycles. The van der Waals surface area contributed by atoms with Crippen LogP contribution in [0.2, 0.25) is 0 Å². The summed E-state index contributed by atoms with van der Waals surface area (Å²) < 4.78 is 11.6. The van der Waals surface area contributed by atoms with Crippen LogP contribution in [-0.2, 0) is 26.2 Å². The SMILES string of the molecule is CC(=O)OCCO[C@H](CO)CCn1ccc(NC(=O)c2ccc(C(C)(C)C)cc2)nc1=O. The Bertz CT molecular complexity index is 963. The number of rotatable bonds is 10. The second-order valence-corrected chi connectivity index (χ2v) is 8.37. The molecule has 0 saturated carbocycles. The molecule has 0 spiro atoms. The predicted octanol–water partition coefficient (Wildman–Crippen LogP) is 2.12. The Balaban J connectivity index is 1.91. The Hall–Kier alpha value is -3.04. The second kappa shape index (κ2) is 11.5. The summed E-state index contributed by atoms with van der Waals surface area (Å²) in [5, 5.41) is 12.0. The van der Waals surface area contributed by atoms with E-state index in [0.29, 0.717) is 12.0 Å². The van der Waals surface area contributed by atoms with E-state index in [2.05, 4.69) is 31.1 Å². The van der Waals surface area contributed by atoms with Crippen LogP contribution in [0.3, 0.4) is 0 Å². The van der Waals surface area contributed by atoms with Gasteiger partial charge in [0.25, 0.3) is 5.91 Å². The van der Waals surface area contributed by atoms with Crippen LogP contribution < -0.4 is 11.0 Å². The monoisotopic (exact) mass is 445 g/mol. The summed E-state index contributed by atoms with van der Waals surface area (Å²) in [6, 6.07) is 8.85. The van der Waals surface area contributed by atoms with Crippen LogP contribution in [0.5, 0.6) is 0 Å². The van der Waals surface area contributed by atoms with Gasteiger partial charge >= 0.3 is 11.7 Å². The van der Waals surface area contributed by atoms with Gasteiger partial charge in [-0.15, -0.1) is 0 Å². The average molecular weight is 446 g/mol. The van der Waals surface area contributed by atoms with Gasteiger partial charge in [-0.2, -0.15) is 4.98 Å². The van der Waals surface area contributed by atoms with Crippen molar-refractivity contribution in [3.05, 3.63) is 58.1 Å². The first-order valence-corrected chi connectivity index (χ1v) is 10.5. The number of amides is 1. The molecule has 0 aliphatic rings. The maximum absolute atomic E-state index is 12.5. The second-order valence-electron chi connectivity index (χ2n) is 8.37. The zero-order valence-electron chi connectivity index (χ0n) is 19.0. The smallest absolute Gasteiger partial charge is 0.349 e. The summed E-state index contributed by atoms with van der Waals surface area (Å²) in [7, 11) is 0. The molecule has 1 atom stereocenters. The molecule has 0 unspecified atom stereocenters. The van der Waals surface area contributed by atoms with Gasteiger partial charge in [-0.25, -0.2) is 4.79 Å². The Morgan fingerprint density at radius 3 is 2.41 bits per heavy atom. The quantitative estimate of drug-likeness (QED) is 0.425. The number of aliphatic hydroxyl groups excluding tert-OH is 1. The van der Waals surface area contributed by atoms with E-state index in [0.717, 1.165) is 5.56 Å². The first kappa shape index (κ1) is 25.2. The van der Waals surface area contributed by atoms with Gasteiger partial charge in [-0.05, 0) is 35.6 Å². The minimum atomic E-state index is -0.525. The summed E-state index contributed by atoms with van der Waals surface area (Å²) in [4.78, 5) is 39.4. The maximum atomic E-state index is 12.5. The molecule has 0 aliphatic carbocycles. The molecule has 2 aromatic rings. The van der Waals surface area contributed by atoms with Gasteiger partial charge in [0.05, 0.1) is 19.3 Å². The van der Waals surface area contributed by atoms with Gasteiger partial charge in [-0.1, -0.05) is 32.9 Å². The third kappa shape index (κ3) is 7.90. The minimum Gasteiger partial charge on any atom is -0.463 e. The number of carbonyl (C=O) groups excluding carboxylic acids is 2. The van der Waals surface area contributed by atoms with Gasteiger partial charge in [0.1, 0.15) is 12.4 Å². The van der Waals surface area contributed by atoms with Crippen LogP contribution in [0.4, 0.5) is 5.82 Å². The largest absolute Gasteiger partial charge is 0.463 e. The molecule has 1 heterocycles. The number of esters is 1. The highest BCUT2D eigenvalue weighted by Crippen LogP contribution is 2.22. The number of anilines is 1. The Morgan fingerprint density at radius 1 is 1.16 bits per heavy atom. The van der Waals surface area contributed by atoms with Crippen LogP contribution in [-0.4, -0.2) is 52.5 Å². The molecule has 1 amide bonds. The molecule has 9 heteroatoms. The molecule has 32 heavy (non-hydrogen) atoms. The molecule has 0 fully saturated rings. The van der Waals surface area contributed by atoms with Crippen molar-refractivity contribution < 1.29 is 24.2 Å². The van der Waals surface area contributed by atoms with E-state index in [9.17, 15) is 19.5 Å². The van der Waals surface area contributed by atoms with Crippen molar-refractivity contribution in [3.63, 3.8) is 0 Å². The zero-order chi connectivity index (χ0) is 23.7. The fraction of sp³-hybridized carbons (Fsp3) is 0.478. The Morgan fingerprint density at radius 2 is 1.84 bits per heavy atom. The van der Waals surface area contributed by atoms with Crippen molar-refractivity contribution in [1.29, 1.82) is 0 Å². The number of nitrogens with zero attached hydrogens (tertiary/aromatic N) is 2. The number of benzene rings is 1. The van der Waals surface area contributed by atoms with Crippen molar-refractivity contribution in [1.82, 2.24) is 9.55 Å². The minimum absolute atomic E-state index is 0.0104.